The molecule has 5 nitrogen and oxygen atoms in total. The number of rotatable bonds is 5. The number of benzene rings is 1. The molecule has 134 valence electrons. The number of nitrogens with one attached hydrogen (secondary N) is 1. The maximum atomic E-state index is 12.2. The SMILES string of the molecule is CC(Nc1ccccc1CN(C)C(=O)OC(C)(C)C)c1ccncc1. The zero-order chi connectivity index (χ0) is 18.4. The zero-order valence-electron chi connectivity index (χ0n) is 15.6. The topological polar surface area (TPSA) is 54.5 Å². The summed E-state index contributed by atoms with van der Waals surface area (Å²) in [7, 11) is 1.75. The number of hydrogen-bond donors (Lipinski definition) is 1. The summed E-state index contributed by atoms with van der Waals surface area (Å²) in [5.41, 5.74) is 2.70. The number of para-hydroxylation sites is 1. The highest BCUT2D eigenvalue weighted by atomic mass is 16.6. The van der Waals surface area contributed by atoms with Crippen LogP contribution in [0.15, 0.2) is 48.8 Å². The van der Waals surface area contributed by atoms with Crippen LogP contribution in [0.3, 0.4) is 0 Å². The van der Waals surface area contributed by atoms with Gasteiger partial charge in [0.1, 0.15) is 5.60 Å². The molecule has 0 bridgehead atoms. The minimum atomic E-state index is -0.501. The number of ether oxygens (including phenoxy) is 1. The van der Waals surface area contributed by atoms with Crippen molar-refractivity contribution in [2.45, 2.75) is 45.9 Å². The van der Waals surface area contributed by atoms with E-state index in [4.69, 9.17) is 4.74 Å². The van der Waals surface area contributed by atoms with Gasteiger partial charge in [-0.2, -0.15) is 0 Å². The standard InChI is InChI=1S/C20H27N3O2/c1-15(16-10-12-21-13-11-16)22-18-9-7-6-8-17(18)14-23(5)19(24)25-20(2,3)4/h6-13,15,22H,14H2,1-5H3. The van der Waals surface area contributed by atoms with Crippen molar-refractivity contribution in [2.24, 2.45) is 0 Å². The molecule has 1 atom stereocenters. The third-order valence-corrected chi connectivity index (χ3v) is 3.71. The Labute approximate surface area is 150 Å². The van der Waals surface area contributed by atoms with Crippen LogP contribution >= 0.6 is 0 Å². The molecule has 0 spiro atoms. The average molecular weight is 341 g/mol. The maximum Gasteiger partial charge on any atom is 0.410 e. The van der Waals surface area contributed by atoms with Crippen molar-refractivity contribution in [3.8, 4) is 0 Å². The highest BCUT2D eigenvalue weighted by Gasteiger charge is 2.20. The summed E-state index contributed by atoms with van der Waals surface area (Å²) >= 11 is 0. The largest absolute Gasteiger partial charge is 0.444 e. The van der Waals surface area contributed by atoms with Gasteiger partial charge in [-0.3, -0.25) is 4.98 Å². The van der Waals surface area contributed by atoms with E-state index in [2.05, 4.69) is 17.2 Å². The van der Waals surface area contributed by atoms with Gasteiger partial charge in [-0.05, 0) is 57.0 Å². The summed E-state index contributed by atoms with van der Waals surface area (Å²) in [6, 6.07) is 12.1. The van der Waals surface area contributed by atoms with Gasteiger partial charge in [0.25, 0.3) is 0 Å². The first-order valence-electron chi connectivity index (χ1n) is 8.45. The summed E-state index contributed by atoms with van der Waals surface area (Å²) in [5.74, 6) is 0. The lowest BCUT2D eigenvalue weighted by molar-refractivity contribution is 0.0285. The molecule has 25 heavy (non-hydrogen) atoms. The van der Waals surface area contributed by atoms with Crippen LogP contribution in [0.25, 0.3) is 0 Å². The van der Waals surface area contributed by atoms with E-state index in [1.807, 2.05) is 57.2 Å². The van der Waals surface area contributed by atoms with Gasteiger partial charge in [0, 0.05) is 31.2 Å². The van der Waals surface area contributed by atoms with Gasteiger partial charge < -0.3 is 15.0 Å². The minimum absolute atomic E-state index is 0.135. The number of carbonyl (C=O) groups is 1. The van der Waals surface area contributed by atoms with Crippen LogP contribution in [0.1, 0.15) is 44.9 Å². The van der Waals surface area contributed by atoms with Gasteiger partial charge in [0.05, 0.1) is 6.54 Å². The van der Waals surface area contributed by atoms with Crippen LogP contribution in [0.4, 0.5) is 10.5 Å². The molecule has 0 fully saturated rings. The third kappa shape index (κ3) is 5.78. The van der Waals surface area contributed by atoms with E-state index in [0.717, 1.165) is 16.8 Å². The molecule has 1 heterocycles. The second-order valence-corrected chi connectivity index (χ2v) is 7.14. The van der Waals surface area contributed by atoms with Crippen LogP contribution in [-0.4, -0.2) is 28.6 Å². The lowest BCUT2D eigenvalue weighted by Crippen LogP contribution is -2.34. The predicted octanol–water partition coefficient (Wildman–Crippen LogP) is 4.62. The van der Waals surface area contributed by atoms with E-state index in [1.165, 1.54) is 0 Å². The van der Waals surface area contributed by atoms with Crippen LogP contribution in [-0.2, 0) is 11.3 Å². The summed E-state index contributed by atoms with van der Waals surface area (Å²) in [6.45, 7) is 8.17. The smallest absolute Gasteiger partial charge is 0.410 e. The monoisotopic (exact) mass is 341 g/mol. The van der Waals surface area contributed by atoms with Crippen molar-refractivity contribution >= 4 is 11.8 Å². The fourth-order valence-corrected chi connectivity index (χ4v) is 2.43. The molecular formula is C20H27N3O2. The van der Waals surface area contributed by atoms with Crippen LogP contribution < -0.4 is 5.32 Å². The Morgan fingerprint density at radius 2 is 1.84 bits per heavy atom. The molecule has 0 saturated heterocycles. The highest BCUT2D eigenvalue weighted by Crippen LogP contribution is 2.23. The van der Waals surface area contributed by atoms with Gasteiger partial charge in [0.2, 0.25) is 0 Å². The number of aromatic nitrogens is 1. The predicted molar refractivity (Wildman–Crippen MR) is 100 cm³/mol. The number of amides is 1. The van der Waals surface area contributed by atoms with Crippen molar-refractivity contribution in [3.63, 3.8) is 0 Å². The molecule has 0 aliphatic carbocycles. The molecule has 0 saturated carbocycles. The summed E-state index contributed by atoms with van der Waals surface area (Å²) in [6.07, 6.45) is 3.25. The summed E-state index contributed by atoms with van der Waals surface area (Å²) in [5, 5.41) is 3.51. The van der Waals surface area contributed by atoms with E-state index in [1.54, 1.807) is 24.3 Å². The molecule has 1 aromatic heterocycles. The van der Waals surface area contributed by atoms with Crippen molar-refractivity contribution in [1.82, 2.24) is 9.88 Å². The Balaban J connectivity index is 2.09. The van der Waals surface area contributed by atoms with E-state index >= 15 is 0 Å². The number of hydrogen-bond acceptors (Lipinski definition) is 4. The van der Waals surface area contributed by atoms with E-state index < -0.39 is 5.60 Å². The van der Waals surface area contributed by atoms with Crippen molar-refractivity contribution in [3.05, 3.63) is 59.9 Å². The Hall–Kier alpha value is -2.56. The molecule has 0 radical (unpaired) electrons. The van der Waals surface area contributed by atoms with E-state index in [9.17, 15) is 4.79 Å². The van der Waals surface area contributed by atoms with Gasteiger partial charge in [-0.1, -0.05) is 18.2 Å². The molecule has 5 heteroatoms. The van der Waals surface area contributed by atoms with Crippen molar-refractivity contribution in [1.29, 1.82) is 0 Å². The average Bonchev–Trinajstić information content (AvgIpc) is 2.55. The van der Waals surface area contributed by atoms with Gasteiger partial charge >= 0.3 is 6.09 Å². The molecule has 2 rings (SSSR count). The number of pyridine rings is 1. The van der Waals surface area contributed by atoms with Crippen LogP contribution in [0.2, 0.25) is 0 Å². The second-order valence-electron chi connectivity index (χ2n) is 7.14. The Kier molecular flexibility index (Phi) is 6.02. The molecular weight excluding hydrogens is 314 g/mol. The first-order chi connectivity index (χ1) is 11.8. The Morgan fingerprint density at radius 3 is 2.48 bits per heavy atom. The lowest BCUT2D eigenvalue weighted by atomic mass is 10.1. The summed E-state index contributed by atoms with van der Waals surface area (Å²) < 4.78 is 5.42. The maximum absolute atomic E-state index is 12.2. The molecule has 1 amide bonds. The van der Waals surface area contributed by atoms with Gasteiger partial charge in [-0.15, -0.1) is 0 Å². The number of anilines is 1. The van der Waals surface area contributed by atoms with E-state index in [-0.39, 0.29) is 12.1 Å². The first-order valence-corrected chi connectivity index (χ1v) is 8.45. The van der Waals surface area contributed by atoms with Crippen molar-refractivity contribution in [2.75, 3.05) is 12.4 Å². The summed E-state index contributed by atoms with van der Waals surface area (Å²) in [4.78, 5) is 17.8. The molecule has 1 aromatic carbocycles. The number of nitrogens with zero attached hydrogens (tertiary/aromatic N) is 2. The van der Waals surface area contributed by atoms with Crippen molar-refractivity contribution < 1.29 is 9.53 Å². The van der Waals surface area contributed by atoms with Crippen LogP contribution in [0.5, 0.6) is 0 Å². The fraction of sp³-hybridized carbons (Fsp3) is 0.400. The second kappa shape index (κ2) is 8.01. The quantitative estimate of drug-likeness (QED) is 0.862. The minimum Gasteiger partial charge on any atom is -0.444 e. The first kappa shape index (κ1) is 18.8. The lowest BCUT2D eigenvalue weighted by Gasteiger charge is -2.26. The zero-order valence-corrected chi connectivity index (χ0v) is 15.6. The Morgan fingerprint density at radius 1 is 1.20 bits per heavy atom. The number of carbonyl (C=O) groups excluding carboxylic acids is 1. The van der Waals surface area contributed by atoms with Gasteiger partial charge in [0.15, 0.2) is 0 Å². The highest BCUT2D eigenvalue weighted by molar-refractivity contribution is 5.68. The Bertz CT molecular complexity index is 696. The fourth-order valence-electron chi connectivity index (χ4n) is 2.43. The van der Waals surface area contributed by atoms with Gasteiger partial charge in [-0.25, -0.2) is 4.79 Å². The molecule has 1 unspecified atom stereocenters. The normalized spacial score (nSPS) is 12.4. The van der Waals surface area contributed by atoms with Crippen LogP contribution in [0, 0.1) is 0 Å². The molecule has 1 N–H and O–H groups in total. The van der Waals surface area contributed by atoms with E-state index in [0.29, 0.717) is 6.54 Å². The molecule has 0 aliphatic heterocycles. The molecule has 2 aromatic rings. The third-order valence-electron chi connectivity index (χ3n) is 3.71. The molecule has 0 aliphatic rings.